The van der Waals surface area contributed by atoms with Crippen molar-refractivity contribution in [2.75, 3.05) is 13.8 Å². The standard InChI is InChI=1S/C15H17NO3/c1-3-4-5-6-15(17)16(2)10-12-7-8-13-14(9-12)19-11-18-13/h3-9H,10-11H2,1-2H3/b4-3+,6-5+. The molecule has 4 nitrogen and oxygen atoms in total. The van der Waals surface area contributed by atoms with Gasteiger partial charge in [0.15, 0.2) is 11.5 Å². The van der Waals surface area contributed by atoms with Crippen molar-refractivity contribution in [3.63, 3.8) is 0 Å². The van der Waals surface area contributed by atoms with E-state index in [1.807, 2.05) is 37.3 Å². The van der Waals surface area contributed by atoms with Gasteiger partial charge in [-0.2, -0.15) is 0 Å². The minimum atomic E-state index is -0.0317. The third-order valence-electron chi connectivity index (χ3n) is 2.78. The van der Waals surface area contributed by atoms with Gasteiger partial charge in [0.1, 0.15) is 0 Å². The van der Waals surface area contributed by atoms with Gasteiger partial charge >= 0.3 is 0 Å². The van der Waals surface area contributed by atoms with Crippen molar-refractivity contribution in [2.45, 2.75) is 13.5 Å². The predicted octanol–water partition coefficient (Wildman–Crippen LogP) is 2.51. The monoisotopic (exact) mass is 259 g/mol. The summed E-state index contributed by atoms with van der Waals surface area (Å²) in [6.07, 6.45) is 6.99. The highest BCUT2D eigenvalue weighted by Gasteiger charge is 2.14. The number of carbonyl (C=O) groups is 1. The zero-order chi connectivity index (χ0) is 13.7. The van der Waals surface area contributed by atoms with Gasteiger partial charge in [-0.25, -0.2) is 0 Å². The first-order valence-corrected chi connectivity index (χ1v) is 6.13. The minimum absolute atomic E-state index is 0.0317. The topological polar surface area (TPSA) is 38.8 Å². The van der Waals surface area contributed by atoms with Crippen molar-refractivity contribution < 1.29 is 14.3 Å². The number of hydrogen-bond donors (Lipinski definition) is 0. The van der Waals surface area contributed by atoms with Gasteiger partial charge in [-0.15, -0.1) is 0 Å². The maximum Gasteiger partial charge on any atom is 0.246 e. The van der Waals surface area contributed by atoms with Gasteiger partial charge in [-0.05, 0) is 24.6 Å². The lowest BCUT2D eigenvalue weighted by atomic mass is 10.2. The fourth-order valence-corrected chi connectivity index (χ4v) is 1.77. The summed E-state index contributed by atoms with van der Waals surface area (Å²) in [6.45, 7) is 2.71. The molecule has 1 aromatic rings. The zero-order valence-electron chi connectivity index (χ0n) is 11.1. The average Bonchev–Trinajstić information content (AvgIpc) is 2.86. The lowest BCUT2D eigenvalue weighted by molar-refractivity contribution is -0.125. The van der Waals surface area contributed by atoms with E-state index in [1.165, 1.54) is 0 Å². The molecule has 0 aromatic heterocycles. The lowest BCUT2D eigenvalue weighted by Crippen LogP contribution is -2.24. The Hall–Kier alpha value is -2.23. The molecule has 4 heteroatoms. The number of allylic oxidation sites excluding steroid dienone is 3. The smallest absolute Gasteiger partial charge is 0.246 e. The van der Waals surface area contributed by atoms with Crippen LogP contribution < -0.4 is 9.47 Å². The SMILES string of the molecule is C/C=C/C=C/C(=O)N(C)Cc1ccc2c(c1)OCO2. The third kappa shape index (κ3) is 3.37. The second-order valence-corrected chi connectivity index (χ2v) is 4.27. The molecule has 0 saturated heterocycles. The molecule has 0 aliphatic carbocycles. The van der Waals surface area contributed by atoms with E-state index in [4.69, 9.17) is 9.47 Å². The first kappa shape index (κ1) is 13.2. The first-order valence-electron chi connectivity index (χ1n) is 6.13. The Morgan fingerprint density at radius 1 is 1.32 bits per heavy atom. The van der Waals surface area contributed by atoms with E-state index < -0.39 is 0 Å². The average molecular weight is 259 g/mol. The molecule has 0 saturated carbocycles. The van der Waals surface area contributed by atoms with Crippen LogP contribution in [0.3, 0.4) is 0 Å². The largest absolute Gasteiger partial charge is 0.454 e. The van der Waals surface area contributed by atoms with Gasteiger partial charge in [0.05, 0.1) is 0 Å². The molecule has 1 amide bonds. The molecule has 2 rings (SSSR count). The summed E-state index contributed by atoms with van der Waals surface area (Å²) in [5.74, 6) is 1.46. The number of fused-ring (bicyclic) bond motifs is 1. The molecule has 1 aliphatic heterocycles. The van der Waals surface area contributed by atoms with Crippen molar-refractivity contribution in [1.29, 1.82) is 0 Å². The maximum absolute atomic E-state index is 11.8. The molecule has 0 bridgehead atoms. The van der Waals surface area contributed by atoms with Gasteiger partial charge in [0, 0.05) is 19.7 Å². The third-order valence-corrected chi connectivity index (χ3v) is 2.78. The molecule has 0 radical (unpaired) electrons. The van der Waals surface area contributed by atoms with Crippen LogP contribution in [0.25, 0.3) is 0 Å². The summed E-state index contributed by atoms with van der Waals surface area (Å²) >= 11 is 0. The fourth-order valence-electron chi connectivity index (χ4n) is 1.77. The van der Waals surface area contributed by atoms with Crippen molar-refractivity contribution in [3.8, 4) is 11.5 Å². The Bertz CT molecular complexity index is 520. The summed E-state index contributed by atoms with van der Waals surface area (Å²) in [5, 5.41) is 0. The van der Waals surface area contributed by atoms with Crippen LogP contribution in [0.15, 0.2) is 42.5 Å². The summed E-state index contributed by atoms with van der Waals surface area (Å²) in [5.41, 5.74) is 1.01. The van der Waals surface area contributed by atoms with Crippen molar-refractivity contribution in [2.24, 2.45) is 0 Å². The highest BCUT2D eigenvalue weighted by atomic mass is 16.7. The molecule has 0 spiro atoms. The van der Waals surface area contributed by atoms with Crippen molar-refractivity contribution in [3.05, 3.63) is 48.1 Å². The lowest BCUT2D eigenvalue weighted by Gasteiger charge is -2.15. The number of hydrogen-bond acceptors (Lipinski definition) is 3. The normalized spacial score (nSPS) is 13.4. The number of amides is 1. The van der Waals surface area contributed by atoms with Crippen LogP contribution in [0, 0.1) is 0 Å². The molecule has 1 aliphatic rings. The zero-order valence-corrected chi connectivity index (χ0v) is 11.1. The molecular weight excluding hydrogens is 242 g/mol. The number of rotatable bonds is 4. The van der Waals surface area contributed by atoms with Gasteiger partial charge in [0.25, 0.3) is 0 Å². The van der Waals surface area contributed by atoms with E-state index in [9.17, 15) is 4.79 Å². The first-order chi connectivity index (χ1) is 9.20. The molecule has 0 unspecified atom stereocenters. The van der Waals surface area contributed by atoms with E-state index in [0.29, 0.717) is 6.54 Å². The summed E-state index contributed by atoms with van der Waals surface area (Å²) in [4.78, 5) is 13.5. The van der Waals surface area contributed by atoms with Gasteiger partial charge < -0.3 is 14.4 Å². The maximum atomic E-state index is 11.8. The molecule has 100 valence electrons. The summed E-state index contributed by atoms with van der Waals surface area (Å²) in [6, 6.07) is 5.71. The van der Waals surface area contributed by atoms with E-state index in [2.05, 4.69) is 0 Å². The van der Waals surface area contributed by atoms with Gasteiger partial charge in [-0.1, -0.05) is 24.3 Å². The van der Waals surface area contributed by atoms with Crippen LogP contribution in [-0.4, -0.2) is 24.6 Å². The van der Waals surface area contributed by atoms with E-state index in [-0.39, 0.29) is 12.7 Å². The van der Waals surface area contributed by atoms with Crippen LogP contribution in [0.2, 0.25) is 0 Å². The summed E-state index contributed by atoms with van der Waals surface area (Å²) < 4.78 is 10.6. The van der Waals surface area contributed by atoms with Crippen molar-refractivity contribution >= 4 is 5.91 Å². The van der Waals surface area contributed by atoms with Crippen LogP contribution in [0.5, 0.6) is 11.5 Å². The number of likely N-dealkylation sites (N-methyl/N-ethyl adjacent to an activating group) is 1. The van der Waals surface area contributed by atoms with Gasteiger partial charge in [-0.3, -0.25) is 4.79 Å². The number of nitrogens with zero attached hydrogens (tertiary/aromatic N) is 1. The van der Waals surface area contributed by atoms with E-state index in [1.54, 1.807) is 24.1 Å². The Kier molecular flexibility index (Phi) is 4.23. The fraction of sp³-hybridized carbons (Fsp3) is 0.267. The molecule has 0 N–H and O–H groups in total. The minimum Gasteiger partial charge on any atom is -0.454 e. The second-order valence-electron chi connectivity index (χ2n) is 4.27. The Morgan fingerprint density at radius 2 is 2.11 bits per heavy atom. The van der Waals surface area contributed by atoms with Crippen LogP contribution in [0.1, 0.15) is 12.5 Å². The van der Waals surface area contributed by atoms with Gasteiger partial charge in [0.2, 0.25) is 12.7 Å². The number of ether oxygens (including phenoxy) is 2. The van der Waals surface area contributed by atoms with E-state index in [0.717, 1.165) is 17.1 Å². The number of benzene rings is 1. The Balaban J connectivity index is 1.98. The van der Waals surface area contributed by atoms with Crippen molar-refractivity contribution in [1.82, 2.24) is 4.90 Å². The molecular formula is C15H17NO3. The van der Waals surface area contributed by atoms with Crippen LogP contribution in [-0.2, 0) is 11.3 Å². The highest BCUT2D eigenvalue weighted by Crippen LogP contribution is 2.32. The second kappa shape index (κ2) is 6.09. The molecule has 1 heterocycles. The Labute approximate surface area is 112 Å². The van der Waals surface area contributed by atoms with Crippen LogP contribution >= 0.6 is 0 Å². The Morgan fingerprint density at radius 3 is 2.89 bits per heavy atom. The molecule has 0 atom stereocenters. The molecule has 1 aromatic carbocycles. The predicted molar refractivity (Wildman–Crippen MR) is 73.0 cm³/mol. The van der Waals surface area contributed by atoms with Crippen LogP contribution in [0.4, 0.5) is 0 Å². The number of carbonyl (C=O) groups excluding carboxylic acids is 1. The highest BCUT2D eigenvalue weighted by molar-refractivity contribution is 5.87. The molecule has 19 heavy (non-hydrogen) atoms. The quantitative estimate of drug-likeness (QED) is 0.616. The summed E-state index contributed by atoms with van der Waals surface area (Å²) in [7, 11) is 1.77. The van der Waals surface area contributed by atoms with E-state index >= 15 is 0 Å². The molecule has 0 fully saturated rings.